The molecule has 0 radical (unpaired) electrons. The number of hydrogen-bond donors (Lipinski definition) is 0. The summed E-state index contributed by atoms with van der Waals surface area (Å²) in [6.45, 7) is 4.41. The molecule has 0 fully saturated rings. The van der Waals surface area contributed by atoms with Gasteiger partial charge in [-0.3, -0.25) is 0 Å². The van der Waals surface area contributed by atoms with Crippen LogP contribution < -0.4 is 9.47 Å². The Morgan fingerprint density at radius 1 is 0.941 bits per heavy atom. The van der Waals surface area contributed by atoms with E-state index in [1.165, 1.54) is 5.56 Å². The van der Waals surface area contributed by atoms with Crippen molar-refractivity contribution in [3.05, 3.63) is 23.8 Å². The van der Waals surface area contributed by atoms with Crippen molar-refractivity contribution in [1.29, 1.82) is 0 Å². The maximum Gasteiger partial charge on any atom is 0.160 e. The summed E-state index contributed by atoms with van der Waals surface area (Å²) in [4.78, 5) is 0. The van der Waals surface area contributed by atoms with Crippen molar-refractivity contribution in [3.63, 3.8) is 0 Å². The topological polar surface area (TPSA) is 27.7 Å². The third-order valence-electron chi connectivity index (χ3n) is 2.09. The van der Waals surface area contributed by atoms with E-state index in [2.05, 4.69) is 24.7 Å². The summed E-state index contributed by atoms with van der Waals surface area (Å²) in [6, 6.07) is 6.08. The van der Waals surface area contributed by atoms with E-state index in [0.29, 0.717) is 5.92 Å². The van der Waals surface area contributed by atoms with Crippen molar-refractivity contribution in [2.75, 3.05) is 28.4 Å². The monoisotopic (exact) mass is 240 g/mol. The second kappa shape index (κ2) is 8.88. The van der Waals surface area contributed by atoms with Crippen LogP contribution in [-0.2, 0) is 11.2 Å². The van der Waals surface area contributed by atoms with Crippen molar-refractivity contribution in [3.8, 4) is 11.5 Å². The van der Waals surface area contributed by atoms with Gasteiger partial charge in [-0.05, 0) is 30.0 Å². The third kappa shape index (κ3) is 6.17. The van der Waals surface area contributed by atoms with Crippen molar-refractivity contribution in [2.24, 2.45) is 5.92 Å². The van der Waals surface area contributed by atoms with E-state index in [9.17, 15) is 0 Å². The zero-order valence-corrected chi connectivity index (χ0v) is 11.7. The minimum Gasteiger partial charge on any atom is -0.493 e. The normalized spacial score (nSPS) is 9.59. The molecule has 0 aromatic heterocycles. The second-order valence-corrected chi connectivity index (χ2v) is 4.20. The van der Waals surface area contributed by atoms with Gasteiger partial charge >= 0.3 is 0 Å². The van der Waals surface area contributed by atoms with Crippen molar-refractivity contribution < 1.29 is 14.2 Å². The van der Waals surface area contributed by atoms with Crippen LogP contribution in [0.2, 0.25) is 0 Å². The van der Waals surface area contributed by atoms with Gasteiger partial charge in [0.05, 0.1) is 14.2 Å². The fourth-order valence-corrected chi connectivity index (χ4v) is 1.48. The molecule has 0 unspecified atom stereocenters. The molecule has 98 valence electrons. The Morgan fingerprint density at radius 2 is 1.47 bits per heavy atom. The van der Waals surface area contributed by atoms with Gasteiger partial charge in [0, 0.05) is 14.2 Å². The third-order valence-corrected chi connectivity index (χ3v) is 2.09. The predicted octanol–water partition coefficient (Wildman–Crippen LogP) is 3.16. The fraction of sp³-hybridized carbons (Fsp3) is 0.571. The molecule has 0 saturated carbocycles. The van der Waals surface area contributed by atoms with Gasteiger partial charge < -0.3 is 14.2 Å². The molecule has 0 heterocycles. The average molecular weight is 240 g/mol. The largest absolute Gasteiger partial charge is 0.493 e. The minimum absolute atomic E-state index is 0.660. The van der Waals surface area contributed by atoms with Gasteiger partial charge in [0.1, 0.15) is 0 Å². The maximum absolute atomic E-state index is 5.23. The highest BCUT2D eigenvalue weighted by atomic mass is 16.5. The number of methoxy groups -OCH3 is 3. The van der Waals surface area contributed by atoms with Crippen LogP contribution in [0, 0.1) is 5.92 Å². The Morgan fingerprint density at radius 3 is 1.88 bits per heavy atom. The number of rotatable bonds is 4. The molecular formula is C14H24O3. The Balaban J connectivity index is 0.000000770. The van der Waals surface area contributed by atoms with Gasteiger partial charge in [-0.25, -0.2) is 0 Å². The Labute approximate surface area is 105 Å². The summed E-state index contributed by atoms with van der Waals surface area (Å²) in [7, 11) is 6.57. The van der Waals surface area contributed by atoms with Crippen LogP contribution >= 0.6 is 0 Å². The zero-order chi connectivity index (χ0) is 13.3. The van der Waals surface area contributed by atoms with E-state index in [1.807, 2.05) is 12.1 Å². The molecule has 0 spiro atoms. The Hall–Kier alpha value is -1.22. The lowest BCUT2D eigenvalue weighted by Crippen LogP contribution is -1.96. The number of ether oxygens (including phenoxy) is 3. The second-order valence-electron chi connectivity index (χ2n) is 4.20. The molecule has 3 nitrogen and oxygen atoms in total. The molecule has 1 aromatic carbocycles. The van der Waals surface area contributed by atoms with Gasteiger partial charge in [0.2, 0.25) is 0 Å². The molecule has 0 atom stereocenters. The summed E-state index contributed by atoms with van der Waals surface area (Å²) < 4.78 is 14.7. The van der Waals surface area contributed by atoms with E-state index < -0.39 is 0 Å². The molecule has 0 saturated heterocycles. The smallest absolute Gasteiger partial charge is 0.160 e. The van der Waals surface area contributed by atoms with Gasteiger partial charge in [0.15, 0.2) is 11.5 Å². The first-order valence-electron chi connectivity index (χ1n) is 5.70. The first kappa shape index (κ1) is 15.8. The van der Waals surface area contributed by atoms with E-state index in [1.54, 1.807) is 28.4 Å². The van der Waals surface area contributed by atoms with Crippen LogP contribution in [0.25, 0.3) is 0 Å². The molecular weight excluding hydrogens is 216 g/mol. The highest BCUT2D eigenvalue weighted by Gasteiger charge is 2.05. The van der Waals surface area contributed by atoms with Crippen LogP contribution in [-0.4, -0.2) is 28.4 Å². The molecule has 17 heavy (non-hydrogen) atoms. The van der Waals surface area contributed by atoms with Gasteiger partial charge in [0.25, 0.3) is 0 Å². The number of hydrogen-bond acceptors (Lipinski definition) is 3. The summed E-state index contributed by atoms with van der Waals surface area (Å²) in [5, 5.41) is 0. The van der Waals surface area contributed by atoms with E-state index in [0.717, 1.165) is 17.9 Å². The van der Waals surface area contributed by atoms with Crippen molar-refractivity contribution >= 4 is 0 Å². The first-order chi connectivity index (χ1) is 8.08. The van der Waals surface area contributed by atoms with Crippen LogP contribution in [0.3, 0.4) is 0 Å². The molecule has 3 heteroatoms. The minimum atomic E-state index is 0.660. The van der Waals surface area contributed by atoms with E-state index in [4.69, 9.17) is 9.47 Å². The van der Waals surface area contributed by atoms with Crippen molar-refractivity contribution in [1.82, 2.24) is 0 Å². The molecule has 1 rings (SSSR count). The van der Waals surface area contributed by atoms with Gasteiger partial charge in [-0.2, -0.15) is 0 Å². The first-order valence-corrected chi connectivity index (χ1v) is 5.70. The molecule has 0 amide bonds. The summed E-state index contributed by atoms with van der Waals surface area (Å²) in [5.41, 5.74) is 1.29. The van der Waals surface area contributed by atoms with E-state index in [-0.39, 0.29) is 0 Å². The van der Waals surface area contributed by atoms with Crippen LogP contribution in [0.5, 0.6) is 11.5 Å². The lowest BCUT2D eigenvalue weighted by Gasteiger charge is -2.10. The van der Waals surface area contributed by atoms with Crippen LogP contribution in [0.1, 0.15) is 19.4 Å². The SMILES string of the molecule is COC.COc1ccc(CC(C)C)cc1OC. The van der Waals surface area contributed by atoms with Crippen molar-refractivity contribution in [2.45, 2.75) is 20.3 Å². The van der Waals surface area contributed by atoms with E-state index >= 15 is 0 Å². The van der Waals surface area contributed by atoms with Gasteiger partial charge in [-0.1, -0.05) is 19.9 Å². The molecule has 0 N–H and O–H groups in total. The zero-order valence-electron chi connectivity index (χ0n) is 11.7. The summed E-state index contributed by atoms with van der Waals surface area (Å²) in [5.74, 6) is 2.26. The fourth-order valence-electron chi connectivity index (χ4n) is 1.48. The Bertz CT molecular complexity index is 308. The summed E-state index contributed by atoms with van der Waals surface area (Å²) >= 11 is 0. The highest BCUT2D eigenvalue weighted by Crippen LogP contribution is 2.28. The highest BCUT2D eigenvalue weighted by molar-refractivity contribution is 5.42. The molecule has 0 aliphatic rings. The molecule has 0 aliphatic heterocycles. The lowest BCUT2D eigenvalue weighted by atomic mass is 10.0. The molecule has 0 bridgehead atoms. The molecule has 1 aromatic rings. The summed E-state index contributed by atoms with van der Waals surface area (Å²) in [6.07, 6.45) is 1.07. The maximum atomic E-state index is 5.23. The standard InChI is InChI=1S/C12H18O2.C2H6O/c1-9(2)7-10-5-6-11(13-3)12(8-10)14-4;1-3-2/h5-6,8-9H,7H2,1-4H3;1-2H3. The quantitative estimate of drug-likeness (QED) is 0.809. The van der Waals surface area contributed by atoms with Crippen LogP contribution in [0.4, 0.5) is 0 Å². The van der Waals surface area contributed by atoms with Gasteiger partial charge in [-0.15, -0.1) is 0 Å². The average Bonchev–Trinajstić information content (AvgIpc) is 2.29. The number of benzene rings is 1. The lowest BCUT2D eigenvalue weighted by molar-refractivity contribution is 0.277. The predicted molar refractivity (Wildman–Crippen MR) is 71.0 cm³/mol. The Kier molecular flexibility index (Phi) is 8.24. The van der Waals surface area contributed by atoms with Crippen LogP contribution in [0.15, 0.2) is 18.2 Å². The molecule has 0 aliphatic carbocycles.